The van der Waals surface area contributed by atoms with Gasteiger partial charge in [0.25, 0.3) is 0 Å². The van der Waals surface area contributed by atoms with Crippen molar-refractivity contribution in [2.24, 2.45) is 0 Å². The maximum atomic E-state index is 11.1. The van der Waals surface area contributed by atoms with Gasteiger partial charge in [-0.1, -0.05) is 0 Å². The van der Waals surface area contributed by atoms with Gasteiger partial charge in [0.1, 0.15) is 12.2 Å². The highest BCUT2D eigenvalue weighted by Crippen LogP contribution is 2.08. The van der Waals surface area contributed by atoms with Gasteiger partial charge < -0.3 is 9.84 Å². The summed E-state index contributed by atoms with van der Waals surface area (Å²) in [6.45, 7) is 6.62. The van der Waals surface area contributed by atoms with E-state index in [1.807, 2.05) is 0 Å². The molecule has 0 fully saturated rings. The van der Waals surface area contributed by atoms with Crippen LogP contribution in [0.2, 0.25) is 0 Å². The first-order chi connectivity index (χ1) is 7.70. The van der Waals surface area contributed by atoms with Crippen LogP contribution < -0.4 is 0 Å². The van der Waals surface area contributed by atoms with Gasteiger partial charge in [0, 0.05) is 0 Å². The van der Waals surface area contributed by atoms with Crippen LogP contribution in [0.15, 0.2) is 0 Å². The van der Waals surface area contributed by atoms with Crippen molar-refractivity contribution in [1.29, 1.82) is 0 Å². The Labute approximate surface area is 101 Å². The van der Waals surface area contributed by atoms with Crippen molar-refractivity contribution in [3.05, 3.63) is 0 Å². The topological polar surface area (TPSA) is 82.1 Å². The summed E-state index contributed by atoms with van der Waals surface area (Å²) in [7, 11) is 0. The van der Waals surface area contributed by atoms with Crippen molar-refractivity contribution in [3.63, 3.8) is 0 Å². The fourth-order valence-corrected chi connectivity index (χ4v) is 0.703. The third kappa shape index (κ3) is 11.1. The zero-order valence-corrected chi connectivity index (χ0v) is 10.7. The van der Waals surface area contributed by atoms with Crippen LogP contribution in [0.4, 0.5) is 0 Å². The normalized spacial score (nSPS) is 13.0. The number of carbonyl (C=O) groups excluding carboxylic acids is 2. The molecule has 0 aromatic rings. The van der Waals surface area contributed by atoms with E-state index in [-0.39, 0.29) is 19.4 Å². The summed E-state index contributed by atoms with van der Waals surface area (Å²) in [6, 6.07) is 0. The van der Waals surface area contributed by atoms with Gasteiger partial charge in [-0.25, -0.2) is 4.79 Å². The molecule has 1 N–H and O–H groups in total. The number of aliphatic hydroxyl groups excluding tert-OH is 1. The molecular weight excluding hydrogens is 228 g/mol. The Kier molecular flexibility index (Phi) is 6.75. The predicted molar refractivity (Wildman–Crippen MR) is 58.8 cm³/mol. The summed E-state index contributed by atoms with van der Waals surface area (Å²) in [4.78, 5) is 31.5. The molecule has 0 radical (unpaired) electrons. The lowest BCUT2D eigenvalue weighted by molar-refractivity contribution is -0.320. The predicted octanol–water partition coefficient (Wildman–Crippen LogP) is 0.964. The molecule has 100 valence electrons. The first-order valence-electron chi connectivity index (χ1n) is 5.43. The molecule has 0 aliphatic heterocycles. The van der Waals surface area contributed by atoms with Crippen molar-refractivity contribution in [1.82, 2.24) is 0 Å². The zero-order chi connectivity index (χ0) is 13.5. The Morgan fingerprint density at radius 2 is 1.71 bits per heavy atom. The molecule has 0 heterocycles. The Morgan fingerprint density at radius 3 is 2.18 bits per heavy atom. The second kappa shape index (κ2) is 7.24. The molecule has 17 heavy (non-hydrogen) atoms. The van der Waals surface area contributed by atoms with Gasteiger partial charge in [-0.05, 0) is 27.7 Å². The number of carbonyl (C=O) groups is 2. The summed E-state index contributed by atoms with van der Waals surface area (Å²) in [5.74, 6) is -1.19. The molecule has 0 aromatic carbocycles. The zero-order valence-electron chi connectivity index (χ0n) is 10.7. The maximum absolute atomic E-state index is 11.1. The maximum Gasteiger partial charge on any atom is 0.342 e. The van der Waals surface area contributed by atoms with E-state index in [0.717, 1.165) is 0 Å². The third-order valence-corrected chi connectivity index (χ3v) is 1.40. The number of esters is 1. The molecular formula is C11H20O6. The average molecular weight is 248 g/mol. The average Bonchev–Trinajstić information content (AvgIpc) is 2.19. The highest BCUT2D eigenvalue weighted by atomic mass is 17.2. The van der Waals surface area contributed by atoms with Crippen LogP contribution in [0, 0.1) is 0 Å². The summed E-state index contributed by atoms with van der Waals surface area (Å²) in [6.07, 6.45) is -0.927. The number of ether oxygens (including phenoxy) is 1. The highest BCUT2D eigenvalue weighted by Gasteiger charge is 2.16. The number of aliphatic hydroxyl groups is 1. The molecule has 0 amide bonds. The molecule has 0 spiro atoms. The van der Waals surface area contributed by atoms with E-state index in [0.29, 0.717) is 0 Å². The van der Waals surface area contributed by atoms with Gasteiger partial charge >= 0.3 is 11.9 Å². The van der Waals surface area contributed by atoms with Crippen molar-refractivity contribution < 1.29 is 29.2 Å². The van der Waals surface area contributed by atoms with E-state index >= 15 is 0 Å². The van der Waals surface area contributed by atoms with Crippen LogP contribution in [0.3, 0.4) is 0 Å². The minimum Gasteiger partial charge on any atom is -0.463 e. The highest BCUT2D eigenvalue weighted by molar-refractivity contribution is 5.77. The van der Waals surface area contributed by atoms with Crippen LogP contribution >= 0.6 is 0 Å². The van der Waals surface area contributed by atoms with E-state index in [1.54, 1.807) is 20.8 Å². The third-order valence-electron chi connectivity index (χ3n) is 1.40. The quantitative estimate of drug-likeness (QED) is 0.428. The monoisotopic (exact) mass is 248 g/mol. The standard InChI is InChI=1S/C11H20O6/c1-8(12)7-15-9(13)5-6-10(14)16-17-11(2,3)4/h8,12H,5-7H2,1-4H3. The van der Waals surface area contributed by atoms with Crippen LogP contribution in [-0.4, -0.2) is 35.4 Å². The van der Waals surface area contributed by atoms with E-state index in [1.165, 1.54) is 6.92 Å². The SMILES string of the molecule is CC(O)COC(=O)CCC(=O)OOC(C)(C)C. The van der Waals surface area contributed by atoms with Crippen LogP contribution in [0.25, 0.3) is 0 Å². The van der Waals surface area contributed by atoms with Gasteiger partial charge in [0.15, 0.2) is 0 Å². The van der Waals surface area contributed by atoms with Gasteiger partial charge in [-0.3, -0.25) is 9.68 Å². The summed E-state index contributed by atoms with van der Waals surface area (Å²) in [5.41, 5.74) is -0.581. The minimum atomic E-state index is -0.713. The summed E-state index contributed by atoms with van der Waals surface area (Å²) in [5, 5.41) is 8.86. The Hall–Kier alpha value is -1.14. The van der Waals surface area contributed by atoms with Crippen molar-refractivity contribution >= 4 is 11.9 Å². The second-order valence-electron chi connectivity index (χ2n) is 4.68. The molecule has 0 rings (SSSR count). The molecule has 6 nitrogen and oxygen atoms in total. The molecule has 0 saturated carbocycles. The molecule has 0 aromatic heterocycles. The van der Waals surface area contributed by atoms with E-state index in [4.69, 9.17) is 9.99 Å². The number of hydrogen-bond acceptors (Lipinski definition) is 6. The Balaban J connectivity index is 3.66. The van der Waals surface area contributed by atoms with Crippen molar-refractivity contribution in [3.8, 4) is 0 Å². The molecule has 0 bridgehead atoms. The molecule has 0 aliphatic carbocycles. The molecule has 6 heteroatoms. The number of rotatable bonds is 6. The molecule has 0 saturated heterocycles. The lowest BCUT2D eigenvalue weighted by Crippen LogP contribution is -2.22. The lowest BCUT2D eigenvalue weighted by atomic mass is 10.2. The van der Waals surface area contributed by atoms with Gasteiger partial charge in [0.05, 0.1) is 18.9 Å². The molecule has 1 atom stereocenters. The van der Waals surface area contributed by atoms with E-state index < -0.39 is 23.6 Å². The molecule has 1 unspecified atom stereocenters. The number of hydrogen-bond donors (Lipinski definition) is 1. The smallest absolute Gasteiger partial charge is 0.342 e. The Morgan fingerprint density at radius 1 is 1.18 bits per heavy atom. The van der Waals surface area contributed by atoms with Crippen molar-refractivity contribution in [2.75, 3.05) is 6.61 Å². The fourth-order valence-electron chi connectivity index (χ4n) is 0.703. The first-order valence-corrected chi connectivity index (χ1v) is 5.43. The van der Waals surface area contributed by atoms with Crippen molar-refractivity contribution in [2.45, 2.75) is 52.2 Å². The Bertz CT molecular complexity index is 253. The van der Waals surface area contributed by atoms with Gasteiger partial charge in [0.2, 0.25) is 0 Å². The van der Waals surface area contributed by atoms with E-state index in [9.17, 15) is 9.59 Å². The van der Waals surface area contributed by atoms with E-state index in [2.05, 4.69) is 9.62 Å². The lowest BCUT2D eigenvalue weighted by Gasteiger charge is -2.16. The first kappa shape index (κ1) is 15.9. The largest absolute Gasteiger partial charge is 0.463 e. The second-order valence-corrected chi connectivity index (χ2v) is 4.68. The van der Waals surface area contributed by atoms with Crippen LogP contribution in [0.5, 0.6) is 0 Å². The summed E-state index contributed by atoms with van der Waals surface area (Å²) < 4.78 is 4.66. The minimum absolute atomic E-state index is 0.0770. The summed E-state index contributed by atoms with van der Waals surface area (Å²) >= 11 is 0. The molecule has 0 aliphatic rings. The van der Waals surface area contributed by atoms with Crippen LogP contribution in [-0.2, 0) is 24.1 Å². The van der Waals surface area contributed by atoms with Crippen LogP contribution in [0.1, 0.15) is 40.5 Å². The van der Waals surface area contributed by atoms with Gasteiger partial charge in [-0.2, -0.15) is 4.89 Å². The fraction of sp³-hybridized carbons (Fsp3) is 0.818. The van der Waals surface area contributed by atoms with Gasteiger partial charge in [-0.15, -0.1) is 0 Å².